The first-order valence-electron chi connectivity index (χ1n) is 14.6. The van der Waals surface area contributed by atoms with E-state index in [0.717, 1.165) is 66.4 Å². The molecule has 2 aliphatic rings. The molecule has 236 valence electrons. The fourth-order valence-electron chi connectivity index (χ4n) is 5.89. The SMILES string of the molecule is O=C(CC(NS(=O)(=O)c1cccc(C(F)(F)F)c1)c1ccc(F)cc1)NC1CCCc2cc(CN3CCC(F)CC3)ccc21. The Kier molecular flexibility index (Phi) is 9.71. The third kappa shape index (κ3) is 8.02. The number of carbonyl (C=O) groups is 1. The smallest absolute Gasteiger partial charge is 0.349 e. The van der Waals surface area contributed by atoms with Gasteiger partial charge in [-0.2, -0.15) is 13.2 Å². The van der Waals surface area contributed by atoms with Crippen LogP contribution < -0.4 is 10.0 Å². The summed E-state index contributed by atoms with van der Waals surface area (Å²) in [4.78, 5) is 15.0. The van der Waals surface area contributed by atoms with E-state index in [1.807, 2.05) is 12.1 Å². The molecule has 0 spiro atoms. The zero-order valence-corrected chi connectivity index (χ0v) is 24.7. The first kappa shape index (κ1) is 32.1. The van der Waals surface area contributed by atoms with E-state index in [-0.39, 0.29) is 18.0 Å². The summed E-state index contributed by atoms with van der Waals surface area (Å²) in [6, 6.07) is 12.9. The molecule has 2 unspecified atom stereocenters. The van der Waals surface area contributed by atoms with Crippen molar-refractivity contribution >= 4 is 15.9 Å². The number of hydrogen-bond donors (Lipinski definition) is 2. The van der Waals surface area contributed by atoms with Crippen molar-refractivity contribution in [3.63, 3.8) is 0 Å². The number of nitrogens with zero attached hydrogens (tertiary/aromatic N) is 1. The number of nitrogens with one attached hydrogen (secondary N) is 2. The summed E-state index contributed by atoms with van der Waals surface area (Å²) in [5, 5.41) is 3.00. The highest BCUT2D eigenvalue weighted by atomic mass is 32.2. The summed E-state index contributed by atoms with van der Waals surface area (Å²) in [6.45, 7) is 2.15. The van der Waals surface area contributed by atoms with Crippen LogP contribution in [-0.4, -0.2) is 38.5 Å². The van der Waals surface area contributed by atoms with Crippen LogP contribution >= 0.6 is 0 Å². The van der Waals surface area contributed by atoms with Gasteiger partial charge in [0.05, 0.1) is 22.5 Å². The summed E-state index contributed by atoms with van der Waals surface area (Å²) in [7, 11) is -4.50. The topological polar surface area (TPSA) is 78.5 Å². The molecule has 3 aromatic carbocycles. The molecule has 6 nitrogen and oxygen atoms in total. The van der Waals surface area contributed by atoms with Crippen LogP contribution in [0.15, 0.2) is 71.6 Å². The van der Waals surface area contributed by atoms with Crippen LogP contribution in [0.25, 0.3) is 0 Å². The molecule has 1 aliphatic heterocycles. The van der Waals surface area contributed by atoms with Gasteiger partial charge in [0.2, 0.25) is 15.9 Å². The largest absolute Gasteiger partial charge is 0.416 e. The van der Waals surface area contributed by atoms with Crippen molar-refractivity contribution in [2.75, 3.05) is 13.1 Å². The standard InChI is InChI=1S/C32H34F5N3O3S/c33-25-10-8-22(9-11-25)30(39-44(42,43)27-5-2-4-24(18-27)32(35,36)37)19-31(41)38-29-6-1-3-23-17-21(7-12-28(23)29)20-40-15-13-26(34)14-16-40/h2,4-5,7-12,17-18,26,29-30,39H,1,3,6,13-16,19-20H2,(H,38,41). The number of piperidine rings is 1. The van der Waals surface area contributed by atoms with E-state index in [1.54, 1.807) is 0 Å². The average Bonchev–Trinajstić information content (AvgIpc) is 2.98. The molecule has 0 radical (unpaired) electrons. The number of likely N-dealkylation sites (tertiary alicyclic amines) is 1. The van der Waals surface area contributed by atoms with Gasteiger partial charge in [0.15, 0.2) is 0 Å². The first-order chi connectivity index (χ1) is 20.9. The Morgan fingerprint density at radius 2 is 1.70 bits per heavy atom. The van der Waals surface area contributed by atoms with E-state index in [0.29, 0.717) is 38.4 Å². The van der Waals surface area contributed by atoms with Gasteiger partial charge in [-0.1, -0.05) is 36.4 Å². The van der Waals surface area contributed by atoms with Crippen molar-refractivity contribution in [3.05, 3.63) is 100 Å². The summed E-state index contributed by atoms with van der Waals surface area (Å²) < 4.78 is 95.6. The second-order valence-electron chi connectivity index (χ2n) is 11.5. The Labute approximate surface area is 253 Å². The predicted octanol–water partition coefficient (Wildman–Crippen LogP) is 6.38. The summed E-state index contributed by atoms with van der Waals surface area (Å²) in [6.07, 6.45) is -2.42. The molecule has 44 heavy (non-hydrogen) atoms. The number of halogens is 5. The molecule has 2 atom stereocenters. The molecule has 1 saturated heterocycles. The van der Waals surface area contributed by atoms with Crippen LogP contribution in [0.3, 0.4) is 0 Å². The molecule has 1 amide bonds. The number of hydrogen-bond acceptors (Lipinski definition) is 4. The maximum Gasteiger partial charge on any atom is 0.416 e. The summed E-state index contributed by atoms with van der Waals surface area (Å²) >= 11 is 0. The van der Waals surface area contributed by atoms with Gasteiger partial charge in [0.25, 0.3) is 0 Å². The number of alkyl halides is 4. The van der Waals surface area contributed by atoms with Crippen LogP contribution in [0.4, 0.5) is 22.0 Å². The van der Waals surface area contributed by atoms with E-state index < -0.39 is 50.6 Å². The van der Waals surface area contributed by atoms with Gasteiger partial charge in [-0.3, -0.25) is 9.69 Å². The quantitative estimate of drug-likeness (QED) is 0.268. The molecule has 2 N–H and O–H groups in total. The lowest BCUT2D eigenvalue weighted by Crippen LogP contribution is -2.36. The zero-order chi connectivity index (χ0) is 31.5. The number of fused-ring (bicyclic) bond motifs is 1. The Morgan fingerprint density at radius 1 is 0.977 bits per heavy atom. The minimum absolute atomic E-state index is 0.280. The lowest BCUT2D eigenvalue weighted by Gasteiger charge is -2.30. The minimum Gasteiger partial charge on any atom is -0.349 e. The Hall–Kier alpha value is -3.35. The normalized spacial score (nSPS) is 18.9. The number of rotatable bonds is 9. The first-order valence-corrected chi connectivity index (χ1v) is 16.1. The molecule has 1 heterocycles. The molecule has 0 aromatic heterocycles. The second kappa shape index (κ2) is 13.3. The van der Waals surface area contributed by atoms with Gasteiger partial charge in [-0.25, -0.2) is 21.9 Å². The molecule has 3 aromatic rings. The van der Waals surface area contributed by atoms with Crippen LogP contribution in [-0.2, 0) is 34.0 Å². The van der Waals surface area contributed by atoms with Gasteiger partial charge >= 0.3 is 6.18 Å². The Balaban J connectivity index is 1.31. The molecule has 0 bridgehead atoms. The zero-order valence-electron chi connectivity index (χ0n) is 23.9. The van der Waals surface area contributed by atoms with Gasteiger partial charge in [-0.15, -0.1) is 0 Å². The molecule has 1 fully saturated rings. The van der Waals surface area contributed by atoms with E-state index in [4.69, 9.17) is 0 Å². The van der Waals surface area contributed by atoms with Crippen LogP contribution in [0.1, 0.15) is 72.0 Å². The lowest BCUT2D eigenvalue weighted by molar-refractivity contribution is -0.137. The summed E-state index contributed by atoms with van der Waals surface area (Å²) in [5.41, 5.74) is 2.36. The highest BCUT2D eigenvalue weighted by molar-refractivity contribution is 7.89. The number of aryl methyl sites for hydroxylation is 1. The van der Waals surface area contributed by atoms with Crippen LogP contribution in [0.5, 0.6) is 0 Å². The predicted molar refractivity (Wildman–Crippen MR) is 155 cm³/mol. The maximum absolute atomic E-state index is 13.7. The maximum atomic E-state index is 13.7. The average molecular weight is 636 g/mol. The van der Waals surface area contributed by atoms with Gasteiger partial charge in [-0.05, 0) is 84.7 Å². The highest BCUT2D eigenvalue weighted by Crippen LogP contribution is 2.33. The number of benzene rings is 3. The highest BCUT2D eigenvalue weighted by Gasteiger charge is 2.33. The van der Waals surface area contributed by atoms with Crippen molar-refractivity contribution in [1.29, 1.82) is 0 Å². The van der Waals surface area contributed by atoms with Crippen molar-refractivity contribution in [3.8, 4) is 0 Å². The van der Waals surface area contributed by atoms with Gasteiger partial charge in [0.1, 0.15) is 12.0 Å². The number of amides is 1. The van der Waals surface area contributed by atoms with E-state index in [2.05, 4.69) is 21.0 Å². The van der Waals surface area contributed by atoms with Crippen molar-refractivity contribution in [2.24, 2.45) is 0 Å². The van der Waals surface area contributed by atoms with Crippen molar-refractivity contribution in [1.82, 2.24) is 14.9 Å². The second-order valence-corrected chi connectivity index (χ2v) is 13.2. The lowest BCUT2D eigenvalue weighted by atomic mass is 9.86. The molecule has 1 aliphatic carbocycles. The van der Waals surface area contributed by atoms with Crippen LogP contribution in [0, 0.1) is 5.82 Å². The van der Waals surface area contributed by atoms with Crippen molar-refractivity contribution in [2.45, 2.75) is 74.4 Å². The van der Waals surface area contributed by atoms with Gasteiger partial charge in [0, 0.05) is 26.1 Å². The number of sulfonamides is 1. The number of carbonyl (C=O) groups excluding carboxylic acids is 1. The Bertz CT molecular complexity index is 1570. The molecule has 0 saturated carbocycles. The van der Waals surface area contributed by atoms with Crippen molar-refractivity contribution < 1.29 is 35.2 Å². The molecular formula is C32H34F5N3O3S. The Morgan fingerprint density at radius 3 is 2.41 bits per heavy atom. The van der Waals surface area contributed by atoms with E-state index in [9.17, 15) is 35.2 Å². The molecule has 5 rings (SSSR count). The van der Waals surface area contributed by atoms with E-state index in [1.165, 1.54) is 12.1 Å². The minimum atomic E-state index is -4.74. The van der Waals surface area contributed by atoms with Crippen LogP contribution in [0.2, 0.25) is 0 Å². The fraction of sp³-hybridized carbons (Fsp3) is 0.406. The molecular weight excluding hydrogens is 601 g/mol. The van der Waals surface area contributed by atoms with E-state index >= 15 is 0 Å². The monoisotopic (exact) mass is 635 g/mol. The van der Waals surface area contributed by atoms with Gasteiger partial charge < -0.3 is 5.32 Å². The third-order valence-electron chi connectivity index (χ3n) is 8.21. The fourth-order valence-corrected chi connectivity index (χ4v) is 7.16. The third-order valence-corrected chi connectivity index (χ3v) is 9.68. The summed E-state index contributed by atoms with van der Waals surface area (Å²) in [5.74, 6) is -1.04. The molecule has 12 heteroatoms.